The summed E-state index contributed by atoms with van der Waals surface area (Å²) in [5, 5.41) is 22.3. The van der Waals surface area contributed by atoms with Crippen molar-refractivity contribution in [2.75, 3.05) is 13.2 Å². The third kappa shape index (κ3) is 3.31. The molecule has 0 spiro atoms. The summed E-state index contributed by atoms with van der Waals surface area (Å²) in [7, 11) is 0. The molecular weight excluding hydrogens is 226 g/mol. The number of hydrogen-bond donors (Lipinski definition) is 3. The molecule has 0 heterocycles. The van der Waals surface area contributed by atoms with Crippen molar-refractivity contribution < 1.29 is 10.2 Å². The number of aliphatic hydroxyl groups is 2. The van der Waals surface area contributed by atoms with E-state index in [-0.39, 0.29) is 19.3 Å². The Balaban J connectivity index is 2.93. The Bertz CT molecular complexity index is 378. The molecule has 3 N–H and O–H groups in total. The van der Waals surface area contributed by atoms with Crippen LogP contribution in [0.4, 0.5) is 0 Å². The number of aliphatic hydroxyl groups excluding tert-OH is 2. The smallest absolute Gasteiger partial charge is 0.0650 e. The molecule has 0 saturated heterocycles. The van der Waals surface area contributed by atoms with Crippen LogP contribution in [0, 0.1) is 13.8 Å². The van der Waals surface area contributed by atoms with Gasteiger partial charge in [-0.05, 0) is 38.3 Å². The average Bonchev–Trinajstić information content (AvgIpc) is 2.38. The maximum absolute atomic E-state index is 9.47. The molecule has 1 aromatic rings. The predicted octanol–water partition coefficient (Wildman–Crippen LogP) is 2.09. The van der Waals surface area contributed by atoms with E-state index in [2.05, 4.69) is 44.3 Å². The average molecular weight is 251 g/mol. The Kier molecular flexibility index (Phi) is 5.32. The van der Waals surface area contributed by atoms with Gasteiger partial charge in [-0.1, -0.05) is 30.7 Å². The summed E-state index contributed by atoms with van der Waals surface area (Å²) in [6.45, 7) is 8.07. The van der Waals surface area contributed by atoms with Gasteiger partial charge in [-0.3, -0.25) is 0 Å². The van der Waals surface area contributed by atoms with E-state index in [1.54, 1.807) is 0 Å². The van der Waals surface area contributed by atoms with Gasteiger partial charge in [0.25, 0.3) is 0 Å². The number of benzene rings is 1. The fraction of sp³-hybridized carbons (Fsp3) is 0.600. The molecule has 0 amide bonds. The van der Waals surface area contributed by atoms with Crippen molar-refractivity contribution in [3.05, 3.63) is 34.9 Å². The zero-order chi connectivity index (χ0) is 13.8. The minimum Gasteiger partial charge on any atom is -0.394 e. The largest absolute Gasteiger partial charge is 0.394 e. The van der Waals surface area contributed by atoms with Gasteiger partial charge in [0.2, 0.25) is 0 Å². The number of rotatable bonds is 6. The van der Waals surface area contributed by atoms with Crippen molar-refractivity contribution in [1.29, 1.82) is 0 Å². The van der Waals surface area contributed by atoms with E-state index in [0.29, 0.717) is 6.42 Å². The van der Waals surface area contributed by atoms with Gasteiger partial charge in [0.05, 0.1) is 18.8 Å². The van der Waals surface area contributed by atoms with Crippen LogP contribution in [0.2, 0.25) is 0 Å². The maximum Gasteiger partial charge on any atom is 0.0650 e. The van der Waals surface area contributed by atoms with E-state index < -0.39 is 5.54 Å². The van der Waals surface area contributed by atoms with Gasteiger partial charge in [0.15, 0.2) is 0 Å². The second-order valence-electron chi connectivity index (χ2n) is 5.18. The van der Waals surface area contributed by atoms with E-state index in [4.69, 9.17) is 0 Å². The lowest BCUT2D eigenvalue weighted by Crippen LogP contribution is -2.52. The van der Waals surface area contributed by atoms with Crippen molar-refractivity contribution in [1.82, 2.24) is 5.32 Å². The first-order valence-electron chi connectivity index (χ1n) is 6.54. The number of hydrogen-bond acceptors (Lipinski definition) is 3. The van der Waals surface area contributed by atoms with E-state index >= 15 is 0 Å². The highest BCUT2D eigenvalue weighted by molar-refractivity contribution is 5.32. The Morgan fingerprint density at radius 2 is 1.83 bits per heavy atom. The van der Waals surface area contributed by atoms with Gasteiger partial charge in [-0.25, -0.2) is 0 Å². The van der Waals surface area contributed by atoms with Crippen LogP contribution in [0.25, 0.3) is 0 Å². The van der Waals surface area contributed by atoms with Crippen LogP contribution >= 0.6 is 0 Å². The molecule has 1 rings (SSSR count). The van der Waals surface area contributed by atoms with Crippen LogP contribution in [-0.2, 0) is 0 Å². The van der Waals surface area contributed by atoms with E-state index in [1.165, 1.54) is 16.7 Å². The summed E-state index contributed by atoms with van der Waals surface area (Å²) < 4.78 is 0. The van der Waals surface area contributed by atoms with Crippen LogP contribution in [0.1, 0.15) is 43.0 Å². The second-order valence-corrected chi connectivity index (χ2v) is 5.18. The van der Waals surface area contributed by atoms with Gasteiger partial charge in [0.1, 0.15) is 0 Å². The van der Waals surface area contributed by atoms with Crippen molar-refractivity contribution in [2.45, 2.75) is 45.7 Å². The van der Waals surface area contributed by atoms with E-state index in [9.17, 15) is 10.2 Å². The van der Waals surface area contributed by atoms with Crippen molar-refractivity contribution >= 4 is 0 Å². The Morgan fingerprint density at radius 3 is 2.33 bits per heavy atom. The highest BCUT2D eigenvalue weighted by atomic mass is 16.3. The molecule has 3 heteroatoms. The van der Waals surface area contributed by atoms with Crippen molar-refractivity contribution in [3.8, 4) is 0 Å². The summed E-state index contributed by atoms with van der Waals surface area (Å²) in [5.41, 5.74) is 3.06. The lowest BCUT2D eigenvalue weighted by Gasteiger charge is -2.34. The number of nitrogens with one attached hydrogen (secondary N) is 1. The molecule has 0 radical (unpaired) electrons. The highest BCUT2D eigenvalue weighted by Crippen LogP contribution is 2.22. The Labute approximate surface area is 110 Å². The van der Waals surface area contributed by atoms with Gasteiger partial charge < -0.3 is 15.5 Å². The third-order valence-electron chi connectivity index (χ3n) is 3.71. The van der Waals surface area contributed by atoms with Gasteiger partial charge >= 0.3 is 0 Å². The normalized spacial score (nSPS) is 13.7. The van der Waals surface area contributed by atoms with Crippen LogP contribution in [0.3, 0.4) is 0 Å². The SMILES string of the molecule is CCC(CO)(CO)NC(C)c1cc(C)ccc1C. The molecule has 1 atom stereocenters. The van der Waals surface area contributed by atoms with Crippen LogP contribution < -0.4 is 5.32 Å². The molecule has 1 unspecified atom stereocenters. The first kappa shape index (κ1) is 15.2. The Hall–Kier alpha value is -0.900. The summed E-state index contributed by atoms with van der Waals surface area (Å²) in [6, 6.07) is 6.46. The molecule has 0 aliphatic carbocycles. The van der Waals surface area contributed by atoms with E-state index in [1.807, 2.05) is 6.92 Å². The molecular formula is C15H25NO2. The van der Waals surface area contributed by atoms with Crippen molar-refractivity contribution in [2.24, 2.45) is 0 Å². The maximum atomic E-state index is 9.47. The summed E-state index contributed by atoms with van der Waals surface area (Å²) in [4.78, 5) is 0. The summed E-state index contributed by atoms with van der Waals surface area (Å²) in [6.07, 6.45) is 0.690. The minimum atomic E-state index is -0.602. The van der Waals surface area contributed by atoms with Crippen LogP contribution in [0.15, 0.2) is 18.2 Å². The zero-order valence-corrected chi connectivity index (χ0v) is 11.8. The molecule has 18 heavy (non-hydrogen) atoms. The quantitative estimate of drug-likeness (QED) is 0.725. The highest BCUT2D eigenvalue weighted by Gasteiger charge is 2.28. The topological polar surface area (TPSA) is 52.5 Å². The number of aryl methyl sites for hydroxylation is 2. The molecule has 0 fully saturated rings. The van der Waals surface area contributed by atoms with Crippen LogP contribution in [-0.4, -0.2) is 29.0 Å². The Morgan fingerprint density at radius 1 is 1.22 bits per heavy atom. The third-order valence-corrected chi connectivity index (χ3v) is 3.71. The fourth-order valence-corrected chi connectivity index (χ4v) is 2.23. The molecule has 102 valence electrons. The lowest BCUT2D eigenvalue weighted by molar-refractivity contribution is 0.0792. The fourth-order valence-electron chi connectivity index (χ4n) is 2.23. The van der Waals surface area contributed by atoms with Gasteiger partial charge in [0, 0.05) is 6.04 Å². The molecule has 0 saturated carbocycles. The molecule has 1 aromatic carbocycles. The van der Waals surface area contributed by atoms with Gasteiger partial charge in [-0.15, -0.1) is 0 Å². The molecule has 0 bridgehead atoms. The standard InChI is InChI=1S/C15H25NO2/c1-5-15(9-17,10-18)16-13(4)14-8-11(2)6-7-12(14)3/h6-8,13,16-18H,5,9-10H2,1-4H3. The first-order chi connectivity index (χ1) is 8.48. The monoisotopic (exact) mass is 251 g/mol. The summed E-state index contributed by atoms with van der Waals surface area (Å²) in [5.74, 6) is 0. The molecule has 0 aliphatic heterocycles. The van der Waals surface area contributed by atoms with Gasteiger partial charge in [-0.2, -0.15) is 0 Å². The zero-order valence-electron chi connectivity index (χ0n) is 11.8. The minimum absolute atomic E-state index is 0.0603. The molecule has 3 nitrogen and oxygen atoms in total. The molecule has 0 aliphatic rings. The molecule has 0 aromatic heterocycles. The first-order valence-corrected chi connectivity index (χ1v) is 6.54. The predicted molar refractivity (Wildman–Crippen MR) is 74.7 cm³/mol. The summed E-state index contributed by atoms with van der Waals surface area (Å²) >= 11 is 0. The van der Waals surface area contributed by atoms with Crippen LogP contribution in [0.5, 0.6) is 0 Å². The van der Waals surface area contributed by atoms with Crippen molar-refractivity contribution in [3.63, 3.8) is 0 Å². The lowest BCUT2D eigenvalue weighted by atomic mass is 9.93. The second kappa shape index (κ2) is 6.32. The van der Waals surface area contributed by atoms with E-state index in [0.717, 1.165) is 0 Å².